The maximum Gasteiger partial charge on any atom is -1.00 e. The van der Waals surface area contributed by atoms with Crippen molar-refractivity contribution < 1.29 is 75.4 Å². The van der Waals surface area contributed by atoms with E-state index in [4.69, 9.17) is 0 Å². The fraction of sp³-hybridized carbons (Fsp3) is 0.455. The summed E-state index contributed by atoms with van der Waals surface area (Å²) in [5, 5.41) is 0. The third-order valence-electron chi connectivity index (χ3n) is 11.3. The van der Waals surface area contributed by atoms with Crippen molar-refractivity contribution in [1.29, 1.82) is 0 Å². The van der Waals surface area contributed by atoms with Crippen molar-refractivity contribution in [3.63, 3.8) is 0 Å². The number of hydrogen-bond donors (Lipinski definition) is 0. The Morgan fingerprint density at radius 2 is 0.938 bits per heavy atom. The van der Waals surface area contributed by atoms with Crippen molar-refractivity contribution in [2.45, 2.75) is 163 Å². The third-order valence-corrected chi connectivity index (χ3v) is 12.7. The zero-order valence-electron chi connectivity index (χ0n) is 40.5. The van der Waals surface area contributed by atoms with Crippen LogP contribution in [-0.2, 0) is 76.5 Å². The first-order valence-corrected chi connectivity index (χ1v) is 22.7. The summed E-state index contributed by atoms with van der Waals surface area (Å²) in [6, 6.07) is 27.3. The van der Waals surface area contributed by atoms with Crippen molar-refractivity contribution in [2.24, 2.45) is 0 Å². The molecule has 0 heterocycles. The number of hydrogen-bond acceptors (Lipinski definition) is 0. The molecule has 0 fully saturated rings. The van der Waals surface area contributed by atoms with Crippen LogP contribution in [0, 0.1) is 6.07 Å². The normalized spacial score (nSPS) is 13.0. The number of halogens is 8. The van der Waals surface area contributed by atoms with Gasteiger partial charge in [-0.2, -0.15) is 41.0 Å². The molecule has 0 aliphatic heterocycles. The Bertz CT molecular complexity index is 2200. The summed E-state index contributed by atoms with van der Waals surface area (Å²) in [5.41, 5.74) is 14.8. The Kier molecular flexibility index (Phi) is 18.4. The van der Waals surface area contributed by atoms with Gasteiger partial charge in [-0.3, -0.25) is 0 Å². The van der Waals surface area contributed by atoms with Gasteiger partial charge in [-0.1, -0.05) is 146 Å². The van der Waals surface area contributed by atoms with Crippen LogP contribution in [0.25, 0.3) is 11.1 Å². The molecule has 1 aliphatic carbocycles. The molecular formula is C55H66Cl2F6Zr-2. The number of aryl methyl sites for hydroxylation is 1. The van der Waals surface area contributed by atoms with E-state index in [-0.39, 0.29) is 46.5 Å². The smallest absolute Gasteiger partial charge is 1.00 e. The summed E-state index contributed by atoms with van der Waals surface area (Å²) in [5.74, 6) is 0. The van der Waals surface area contributed by atoms with Crippen LogP contribution in [0.4, 0.5) is 26.3 Å². The standard InChI is InChI=1S/C29H41.C15H8F6.C11H17.2ClH.Zr/c1-26(2,3)22-14-18-13-19-15-23(27(4,5)6)25(29(10,11)12)17-21(19)20(18)16-24(22)28(7,8)9;16-14(17,18)12-5-1-10(2-6-12)9-11-3-7-13(8-4-11)15(19,20)21;1-5-9-6-7-10(8-9)11(2,3)4;;;/h14,16-17H,13H2,1-12H3;1-8H;6-8H,5H2,1-4H3;2*1H;/q-1;;-1;;;+2/p-2. The summed E-state index contributed by atoms with van der Waals surface area (Å²) in [6.07, 6.45) is -6.66. The van der Waals surface area contributed by atoms with Gasteiger partial charge in [0.15, 0.2) is 0 Å². The average Bonchev–Trinajstić information content (AvgIpc) is 3.77. The monoisotopic (exact) mass is 1000 g/mol. The molecular weight excluding hydrogens is 937 g/mol. The fourth-order valence-corrected chi connectivity index (χ4v) is 8.44. The van der Waals surface area contributed by atoms with Gasteiger partial charge in [0.2, 0.25) is 0 Å². The van der Waals surface area contributed by atoms with Gasteiger partial charge in [0, 0.05) is 0 Å². The Balaban J connectivity index is 0.000000356. The van der Waals surface area contributed by atoms with E-state index in [1.54, 1.807) is 0 Å². The third kappa shape index (κ3) is 14.3. The second-order valence-corrected chi connectivity index (χ2v) is 23.0. The van der Waals surface area contributed by atoms with Gasteiger partial charge in [-0.25, -0.2) is 6.07 Å². The quantitative estimate of drug-likeness (QED) is 0.122. The first-order valence-electron chi connectivity index (χ1n) is 21.5. The molecule has 0 bridgehead atoms. The predicted octanol–water partition coefficient (Wildman–Crippen LogP) is 10.4. The maximum atomic E-state index is 12.5. The summed E-state index contributed by atoms with van der Waals surface area (Å²) >= 11 is 0.898. The van der Waals surface area contributed by atoms with E-state index in [2.05, 4.69) is 153 Å². The van der Waals surface area contributed by atoms with Crippen molar-refractivity contribution in [1.82, 2.24) is 0 Å². The molecule has 0 amide bonds. The van der Waals surface area contributed by atoms with E-state index in [9.17, 15) is 26.3 Å². The molecule has 6 rings (SSSR count). The zero-order chi connectivity index (χ0) is 47.2. The largest absolute Gasteiger partial charge is 1.00 e. The van der Waals surface area contributed by atoms with E-state index in [1.165, 1.54) is 79.9 Å². The second-order valence-electron chi connectivity index (χ2n) is 21.8. The van der Waals surface area contributed by atoms with Crippen molar-refractivity contribution in [3.05, 3.63) is 158 Å². The van der Waals surface area contributed by atoms with Crippen LogP contribution in [0.5, 0.6) is 0 Å². The molecule has 5 aromatic carbocycles. The molecule has 0 radical (unpaired) electrons. The van der Waals surface area contributed by atoms with E-state index in [0.717, 1.165) is 61.3 Å². The molecule has 0 saturated carbocycles. The molecule has 1 aliphatic rings. The predicted molar refractivity (Wildman–Crippen MR) is 245 cm³/mol. The van der Waals surface area contributed by atoms with Gasteiger partial charge in [0.25, 0.3) is 0 Å². The first-order chi connectivity index (χ1) is 28.0. The number of alkyl halides is 6. The Labute approximate surface area is 408 Å². The zero-order valence-corrected chi connectivity index (χ0v) is 44.5. The Hall–Kier alpha value is -2.86. The minimum absolute atomic E-state index is 0. The van der Waals surface area contributed by atoms with E-state index >= 15 is 0 Å². The van der Waals surface area contributed by atoms with Crippen molar-refractivity contribution >= 4 is 3.21 Å². The summed E-state index contributed by atoms with van der Waals surface area (Å²) < 4.78 is 75.6. The summed E-state index contributed by atoms with van der Waals surface area (Å²) in [4.78, 5) is 0. The van der Waals surface area contributed by atoms with Crippen LogP contribution < -0.4 is 24.8 Å². The van der Waals surface area contributed by atoms with Gasteiger partial charge in [-0.15, -0.1) is 16.7 Å². The van der Waals surface area contributed by atoms with Crippen LogP contribution in [0.1, 0.15) is 178 Å². The van der Waals surface area contributed by atoms with Crippen molar-refractivity contribution in [3.8, 4) is 11.1 Å². The topological polar surface area (TPSA) is 0 Å². The SMILES string of the molecule is CC(C)(C)c1[c-]c2c(cc1C(C)(C)C)-c1cc(C(C)(C)C)c(C(C)(C)C)cc1C2.CCc1cc(C(C)(C)C)c[cH-]1.FC(F)(F)c1ccc([C](=[Zr+2])c2ccc(C(F)(F)F)cc2)cc1.[Cl-].[Cl-]. The van der Waals surface area contributed by atoms with E-state index in [1.807, 2.05) is 0 Å². The van der Waals surface area contributed by atoms with Crippen LogP contribution in [-0.4, -0.2) is 3.21 Å². The number of rotatable bonds is 3. The molecule has 0 spiro atoms. The Morgan fingerprint density at radius 3 is 1.27 bits per heavy atom. The molecule has 0 N–H and O–H groups in total. The molecule has 5 aromatic rings. The first kappa shape index (κ1) is 57.3. The molecule has 0 unspecified atom stereocenters. The molecule has 0 nitrogen and oxygen atoms in total. The minimum atomic E-state index is -4.41. The van der Waals surface area contributed by atoms with Crippen LogP contribution >= 0.6 is 0 Å². The molecule has 0 aromatic heterocycles. The summed E-state index contributed by atoms with van der Waals surface area (Å²) in [7, 11) is 0. The van der Waals surface area contributed by atoms with Crippen LogP contribution in [0.3, 0.4) is 0 Å². The fourth-order valence-electron chi connectivity index (χ4n) is 7.62. The number of benzene rings is 4. The molecule has 0 atom stereocenters. The van der Waals surface area contributed by atoms with Gasteiger partial charge in [0.05, 0.1) is 0 Å². The molecule has 9 heteroatoms. The van der Waals surface area contributed by atoms with Gasteiger partial charge < -0.3 is 24.8 Å². The van der Waals surface area contributed by atoms with Gasteiger partial charge in [0.1, 0.15) is 0 Å². The molecule has 64 heavy (non-hydrogen) atoms. The Morgan fingerprint density at radius 1 is 0.531 bits per heavy atom. The van der Waals surface area contributed by atoms with Gasteiger partial charge in [-0.05, 0) is 39.4 Å². The number of fused-ring (bicyclic) bond motifs is 3. The summed E-state index contributed by atoms with van der Waals surface area (Å²) in [6.45, 7) is 36.9. The van der Waals surface area contributed by atoms with Gasteiger partial charge >= 0.3 is 137 Å². The van der Waals surface area contributed by atoms with Crippen LogP contribution in [0.2, 0.25) is 0 Å². The maximum absolute atomic E-state index is 12.5. The average molecular weight is 1000 g/mol. The molecule has 0 saturated heterocycles. The van der Waals surface area contributed by atoms with Crippen molar-refractivity contribution in [2.75, 3.05) is 0 Å². The van der Waals surface area contributed by atoms with E-state index in [0.29, 0.717) is 19.7 Å². The minimum Gasteiger partial charge on any atom is -1.00 e. The second kappa shape index (κ2) is 20.6. The molecule has 348 valence electrons. The van der Waals surface area contributed by atoms with Crippen LogP contribution in [0.15, 0.2) is 84.9 Å². The van der Waals surface area contributed by atoms with E-state index < -0.39 is 23.5 Å².